The van der Waals surface area contributed by atoms with Crippen LogP contribution >= 0.6 is 11.6 Å². The first-order chi connectivity index (χ1) is 9.33. The highest BCUT2D eigenvalue weighted by atomic mass is 35.5. The Morgan fingerprint density at radius 3 is 2.53 bits per heavy atom. The van der Waals surface area contributed by atoms with E-state index in [1.807, 2.05) is 54.6 Å². The van der Waals surface area contributed by atoms with Crippen LogP contribution < -0.4 is 15.6 Å². The maximum absolute atomic E-state index is 6.13. The molecule has 3 rings (SSSR count). The van der Waals surface area contributed by atoms with Crippen molar-refractivity contribution in [3.63, 3.8) is 0 Å². The lowest BCUT2D eigenvalue weighted by molar-refractivity contribution is 0.508. The average Bonchev–Trinajstić information content (AvgIpc) is 2.89. The number of aliphatic imine (C=N–C) groups is 1. The van der Waals surface area contributed by atoms with Crippen LogP contribution in [0.15, 0.2) is 59.6 Å². The molecule has 0 radical (unpaired) electrons. The molecule has 0 spiro atoms. The minimum Gasteiger partial charge on any atom is -0.425 e. The number of hydrogen-bond donors (Lipinski definition) is 2. The van der Waals surface area contributed by atoms with Crippen molar-refractivity contribution >= 4 is 17.6 Å². The van der Waals surface area contributed by atoms with Crippen molar-refractivity contribution in [3.05, 3.63) is 65.2 Å². The van der Waals surface area contributed by atoms with Crippen LogP contribution in [0.1, 0.15) is 11.7 Å². The Hall–Kier alpha value is -2.04. The quantitative estimate of drug-likeness (QED) is 0.884. The molecule has 0 saturated heterocycles. The van der Waals surface area contributed by atoms with Gasteiger partial charge in [0.25, 0.3) is 0 Å². The second-order valence-electron chi connectivity index (χ2n) is 4.04. The number of halogens is 1. The van der Waals surface area contributed by atoms with Gasteiger partial charge in [-0.05, 0) is 18.2 Å². The van der Waals surface area contributed by atoms with Gasteiger partial charge in [0.05, 0.1) is 0 Å². The third kappa shape index (κ3) is 2.70. The average molecular weight is 274 g/mol. The predicted molar refractivity (Wildman–Crippen MR) is 75.0 cm³/mol. The molecule has 0 amide bonds. The van der Waals surface area contributed by atoms with Gasteiger partial charge < -0.3 is 4.74 Å². The van der Waals surface area contributed by atoms with Crippen LogP contribution in [0, 0.1) is 0 Å². The molecule has 96 valence electrons. The molecule has 1 heterocycles. The van der Waals surface area contributed by atoms with Crippen LogP contribution in [0.5, 0.6) is 5.75 Å². The van der Waals surface area contributed by atoms with Gasteiger partial charge in [-0.15, -0.1) is 0 Å². The number of para-hydroxylation sites is 1. The van der Waals surface area contributed by atoms with Crippen molar-refractivity contribution in [1.29, 1.82) is 0 Å². The van der Waals surface area contributed by atoms with Crippen LogP contribution in [0.25, 0.3) is 0 Å². The number of hydrogen-bond acceptors (Lipinski definition) is 4. The fraction of sp³-hybridized carbons (Fsp3) is 0.0714. The Bertz CT molecular complexity index is 601. The largest absolute Gasteiger partial charge is 0.425 e. The van der Waals surface area contributed by atoms with E-state index in [9.17, 15) is 0 Å². The highest BCUT2D eigenvalue weighted by molar-refractivity contribution is 6.31. The third-order valence-corrected chi connectivity index (χ3v) is 3.06. The Morgan fingerprint density at radius 1 is 1.00 bits per heavy atom. The van der Waals surface area contributed by atoms with Gasteiger partial charge in [0.15, 0.2) is 0 Å². The molecule has 1 atom stereocenters. The van der Waals surface area contributed by atoms with Crippen molar-refractivity contribution in [3.8, 4) is 5.75 Å². The van der Waals surface area contributed by atoms with Crippen LogP contribution in [0.3, 0.4) is 0 Å². The number of amidine groups is 1. The zero-order valence-corrected chi connectivity index (χ0v) is 10.8. The standard InChI is InChI=1S/C14H12ClN3O/c15-12-9-5-4-8-11(12)13-16-14(18-17-13)19-10-6-2-1-3-7-10/h1-9,13,17H,(H,16,18). The zero-order chi connectivity index (χ0) is 13.1. The lowest BCUT2D eigenvalue weighted by atomic mass is 10.2. The summed E-state index contributed by atoms with van der Waals surface area (Å²) in [6.45, 7) is 0. The molecule has 2 aromatic carbocycles. The minimum atomic E-state index is -0.243. The molecule has 0 aliphatic carbocycles. The van der Waals surface area contributed by atoms with Gasteiger partial charge in [-0.2, -0.15) is 0 Å². The van der Waals surface area contributed by atoms with E-state index in [2.05, 4.69) is 15.8 Å². The first-order valence-corrected chi connectivity index (χ1v) is 6.27. The molecule has 0 bridgehead atoms. The summed E-state index contributed by atoms with van der Waals surface area (Å²) in [6, 6.07) is 17.5. The molecule has 1 aliphatic heterocycles. The van der Waals surface area contributed by atoms with Crippen molar-refractivity contribution in [1.82, 2.24) is 10.9 Å². The fourth-order valence-electron chi connectivity index (χ4n) is 1.81. The smallest absolute Gasteiger partial charge is 0.307 e. The monoisotopic (exact) mass is 273 g/mol. The molecule has 0 fully saturated rings. The van der Waals surface area contributed by atoms with Gasteiger partial charge in [0.2, 0.25) is 0 Å². The summed E-state index contributed by atoms with van der Waals surface area (Å²) >= 11 is 6.13. The number of nitrogens with zero attached hydrogens (tertiary/aromatic N) is 1. The van der Waals surface area contributed by atoms with Gasteiger partial charge in [-0.1, -0.05) is 48.0 Å². The summed E-state index contributed by atoms with van der Waals surface area (Å²) in [6.07, 6.45) is -0.243. The van der Waals surface area contributed by atoms with Gasteiger partial charge in [-0.25, -0.2) is 10.4 Å². The van der Waals surface area contributed by atoms with E-state index in [0.717, 1.165) is 11.3 Å². The number of nitrogens with one attached hydrogen (secondary N) is 2. The summed E-state index contributed by atoms with van der Waals surface area (Å²) < 4.78 is 5.60. The second kappa shape index (κ2) is 5.30. The predicted octanol–water partition coefficient (Wildman–Crippen LogP) is 2.88. The van der Waals surface area contributed by atoms with E-state index in [0.29, 0.717) is 11.0 Å². The SMILES string of the molecule is Clc1ccccc1C1N=C(Oc2ccccc2)NN1. The molecule has 19 heavy (non-hydrogen) atoms. The maximum Gasteiger partial charge on any atom is 0.307 e. The van der Waals surface area contributed by atoms with E-state index in [1.54, 1.807) is 0 Å². The number of ether oxygens (including phenoxy) is 1. The van der Waals surface area contributed by atoms with E-state index in [1.165, 1.54) is 0 Å². The van der Waals surface area contributed by atoms with Crippen LogP contribution in [-0.4, -0.2) is 6.02 Å². The van der Waals surface area contributed by atoms with Gasteiger partial charge >= 0.3 is 6.02 Å². The molecule has 2 aromatic rings. The van der Waals surface area contributed by atoms with Crippen molar-refractivity contribution in [2.75, 3.05) is 0 Å². The normalized spacial score (nSPS) is 17.7. The van der Waals surface area contributed by atoms with E-state index in [-0.39, 0.29) is 6.17 Å². The maximum atomic E-state index is 6.13. The Kier molecular flexibility index (Phi) is 3.35. The highest BCUT2D eigenvalue weighted by Crippen LogP contribution is 2.25. The molecule has 4 nitrogen and oxygen atoms in total. The topological polar surface area (TPSA) is 45.6 Å². The second-order valence-corrected chi connectivity index (χ2v) is 4.45. The van der Waals surface area contributed by atoms with E-state index >= 15 is 0 Å². The van der Waals surface area contributed by atoms with Gasteiger partial charge in [0, 0.05) is 10.6 Å². The first-order valence-electron chi connectivity index (χ1n) is 5.89. The van der Waals surface area contributed by atoms with Crippen molar-refractivity contribution in [2.24, 2.45) is 4.99 Å². The summed E-state index contributed by atoms with van der Waals surface area (Å²) in [4.78, 5) is 4.40. The van der Waals surface area contributed by atoms with E-state index < -0.39 is 0 Å². The molecule has 1 aliphatic rings. The van der Waals surface area contributed by atoms with E-state index in [4.69, 9.17) is 16.3 Å². The van der Waals surface area contributed by atoms with Crippen LogP contribution in [0.2, 0.25) is 5.02 Å². The molecular formula is C14H12ClN3O. The van der Waals surface area contributed by atoms with Gasteiger partial charge in [0.1, 0.15) is 11.9 Å². The molecule has 5 heteroatoms. The zero-order valence-electron chi connectivity index (χ0n) is 10.0. The van der Waals surface area contributed by atoms with Crippen LogP contribution in [0.4, 0.5) is 0 Å². The number of rotatable bonds is 2. The summed E-state index contributed by atoms with van der Waals surface area (Å²) in [5.74, 6) is 0.732. The fourth-order valence-corrected chi connectivity index (χ4v) is 2.05. The Labute approximate surface area is 116 Å². The summed E-state index contributed by atoms with van der Waals surface area (Å²) in [5, 5.41) is 0.673. The molecular weight excluding hydrogens is 262 g/mol. The summed E-state index contributed by atoms with van der Waals surface area (Å²) in [5.41, 5.74) is 6.83. The lowest BCUT2D eigenvalue weighted by Crippen LogP contribution is -2.34. The molecule has 2 N–H and O–H groups in total. The summed E-state index contributed by atoms with van der Waals surface area (Å²) in [7, 11) is 0. The number of hydrazine groups is 1. The van der Waals surface area contributed by atoms with Crippen molar-refractivity contribution < 1.29 is 4.74 Å². The first kappa shape index (κ1) is 12.0. The van der Waals surface area contributed by atoms with Gasteiger partial charge in [-0.3, -0.25) is 5.43 Å². The van der Waals surface area contributed by atoms with Crippen LogP contribution in [-0.2, 0) is 0 Å². The molecule has 1 unspecified atom stereocenters. The third-order valence-electron chi connectivity index (χ3n) is 2.72. The lowest BCUT2D eigenvalue weighted by Gasteiger charge is -2.08. The Morgan fingerprint density at radius 2 is 1.74 bits per heavy atom. The van der Waals surface area contributed by atoms with Crippen molar-refractivity contribution in [2.45, 2.75) is 6.17 Å². The minimum absolute atomic E-state index is 0.243. The molecule has 0 aromatic heterocycles. The Balaban J connectivity index is 1.77. The number of benzene rings is 2. The molecule has 0 saturated carbocycles. The highest BCUT2D eigenvalue weighted by Gasteiger charge is 2.21.